The molecule has 1 unspecified atom stereocenters. The third-order valence-corrected chi connectivity index (χ3v) is 6.61. The predicted molar refractivity (Wildman–Crippen MR) is 124 cm³/mol. The fraction of sp³-hybridized carbons (Fsp3) is 0.417. The van der Waals surface area contributed by atoms with E-state index in [9.17, 15) is 4.21 Å². The average molecular weight is 426 g/mol. The van der Waals surface area contributed by atoms with Crippen molar-refractivity contribution in [3.63, 3.8) is 0 Å². The molecule has 0 saturated carbocycles. The summed E-state index contributed by atoms with van der Waals surface area (Å²) in [6.45, 7) is 3.65. The molecule has 0 spiro atoms. The molecule has 0 aromatic heterocycles. The van der Waals surface area contributed by atoms with Crippen LogP contribution in [0.5, 0.6) is 0 Å². The molecule has 1 N–H and O–H groups in total. The van der Waals surface area contributed by atoms with Crippen molar-refractivity contribution in [1.82, 2.24) is 14.7 Å². The summed E-state index contributed by atoms with van der Waals surface area (Å²) in [6.07, 6.45) is 6.54. The summed E-state index contributed by atoms with van der Waals surface area (Å²) >= 11 is -1.74. The van der Waals surface area contributed by atoms with Crippen molar-refractivity contribution >= 4 is 17.2 Å². The van der Waals surface area contributed by atoms with Crippen molar-refractivity contribution in [2.75, 3.05) is 33.1 Å². The van der Waals surface area contributed by atoms with Gasteiger partial charge in [-0.15, -0.1) is 0 Å². The first-order chi connectivity index (χ1) is 14.5. The minimum atomic E-state index is -1.74. The predicted octanol–water partition coefficient (Wildman–Crippen LogP) is 3.85. The van der Waals surface area contributed by atoms with Crippen molar-refractivity contribution in [1.29, 1.82) is 0 Å². The van der Waals surface area contributed by atoms with E-state index >= 15 is 0 Å². The van der Waals surface area contributed by atoms with Crippen LogP contribution in [0.4, 0.5) is 0 Å². The molecule has 5 nitrogen and oxygen atoms in total. The summed E-state index contributed by atoms with van der Waals surface area (Å²) in [5, 5.41) is 0. The number of hydrogen-bond donors (Lipinski definition) is 1. The van der Waals surface area contributed by atoms with Crippen molar-refractivity contribution in [3.8, 4) is 11.1 Å². The van der Waals surface area contributed by atoms with Crippen LogP contribution >= 0.6 is 0 Å². The van der Waals surface area contributed by atoms with Gasteiger partial charge in [0.1, 0.15) is 5.88 Å². The van der Waals surface area contributed by atoms with Crippen LogP contribution in [0, 0.1) is 0 Å². The molecular formula is C24H31N3O2S. The van der Waals surface area contributed by atoms with Gasteiger partial charge in [-0.1, -0.05) is 30.3 Å². The van der Waals surface area contributed by atoms with E-state index in [4.69, 9.17) is 4.55 Å². The minimum Gasteiger partial charge on any atom is -0.370 e. The van der Waals surface area contributed by atoms with Crippen molar-refractivity contribution in [2.45, 2.75) is 32.0 Å². The lowest BCUT2D eigenvalue weighted by molar-refractivity contribution is 0.150. The lowest BCUT2D eigenvalue weighted by atomic mass is 9.95. The Kier molecular flexibility index (Phi) is 6.68. The number of piperidine rings is 1. The molecule has 30 heavy (non-hydrogen) atoms. The van der Waals surface area contributed by atoms with Gasteiger partial charge in [0, 0.05) is 38.4 Å². The smallest absolute Gasteiger partial charge is 0.167 e. The zero-order chi connectivity index (χ0) is 21.1. The molecule has 160 valence electrons. The second-order valence-corrected chi connectivity index (χ2v) is 9.54. The van der Waals surface area contributed by atoms with Crippen LogP contribution in [0.2, 0.25) is 0 Å². The zero-order valence-corrected chi connectivity index (χ0v) is 18.6. The second-order valence-electron chi connectivity index (χ2n) is 8.64. The number of benzene rings is 2. The molecule has 1 saturated heterocycles. The number of nitrogens with zero attached hydrogens (tertiary/aromatic N) is 3. The Balaban J connectivity index is 1.43. The summed E-state index contributed by atoms with van der Waals surface area (Å²) in [5.74, 6) is 0.268. The summed E-state index contributed by atoms with van der Waals surface area (Å²) in [5.41, 5.74) is 6.52. The van der Waals surface area contributed by atoms with E-state index < -0.39 is 11.1 Å². The lowest BCUT2D eigenvalue weighted by Gasteiger charge is -2.39. The largest absolute Gasteiger partial charge is 0.370 e. The molecule has 0 bridgehead atoms. The summed E-state index contributed by atoms with van der Waals surface area (Å²) in [4.78, 5) is 6.72. The fourth-order valence-electron chi connectivity index (χ4n) is 4.50. The summed E-state index contributed by atoms with van der Waals surface area (Å²) in [7, 11) is 4.19. The SMILES string of the molecule is CN(C)Cc1cccc(-c2ccc3c(c2)C=CN(C2CCN(CS(=O)O)CC2)C3)c1. The number of hydrogen-bond acceptors (Lipinski definition) is 4. The molecule has 1 fully saturated rings. The topological polar surface area (TPSA) is 47.0 Å². The highest BCUT2D eigenvalue weighted by Crippen LogP contribution is 2.30. The van der Waals surface area contributed by atoms with Gasteiger partial charge in [0.25, 0.3) is 0 Å². The normalized spacial score (nSPS) is 18.6. The quantitative estimate of drug-likeness (QED) is 0.713. The molecule has 2 aromatic rings. The first-order valence-electron chi connectivity index (χ1n) is 10.6. The summed E-state index contributed by atoms with van der Waals surface area (Å²) < 4.78 is 20.1. The molecule has 0 radical (unpaired) electrons. The van der Waals surface area contributed by atoms with E-state index in [1.807, 2.05) is 0 Å². The van der Waals surface area contributed by atoms with Gasteiger partial charge in [-0.2, -0.15) is 0 Å². The Hall–Kier alpha value is -1.99. The highest BCUT2D eigenvalue weighted by molar-refractivity contribution is 7.79. The standard InChI is InChI=1S/C24H31N3O2S/c1-25(2)16-19-4-3-5-20(14-19)21-6-7-23-17-27(13-8-22(23)15-21)24-9-11-26(12-10-24)18-30(28)29/h3-8,13-15,24H,9-12,16-18H2,1-2H3,(H,28,29). The Morgan fingerprint density at radius 2 is 1.87 bits per heavy atom. The van der Waals surface area contributed by atoms with Crippen LogP contribution in [0.1, 0.15) is 29.5 Å². The monoisotopic (exact) mass is 425 g/mol. The van der Waals surface area contributed by atoms with E-state index in [0.717, 1.165) is 39.0 Å². The van der Waals surface area contributed by atoms with Gasteiger partial charge in [0.2, 0.25) is 0 Å². The number of likely N-dealkylation sites (tertiary alicyclic amines) is 1. The van der Waals surface area contributed by atoms with E-state index in [2.05, 4.69) is 83.5 Å². The molecule has 2 heterocycles. The van der Waals surface area contributed by atoms with Crippen LogP contribution in [0.15, 0.2) is 48.7 Å². The molecule has 2 aliphatic rings. The maximum atomic E-state index is 11.0. The zero-order valence-electron chi connectivity index (χ0n) is 17.8. The molecule has 1 atom stereocenters. The maximum absolute atomic E-state index is 11.0. The third-order valence-electron chi connectivity index (χ3n) is 6.02. The Bertz CT molecular complexity index is 936. The molecular weight excluding hydrogens is 394 g/mol. The Morgan fingerprint density at radius 3 is 2.60 bits per heavy atom. The van der Waals surface area contributed by atoms with Crippen LogP contribution in [-0.4, -0.2) is 62.6 Å². The van der Waals surface area contributed by atoms with Gasteiger partial charge in [0.05, 0.1) is 0 Å². The summed E-state index contributed by atoms with van der Waals surface area (Å²) in [6, 6.07) is 16.1. The van der Waals surface area contributed by atoms with E-state index in [1.54, 1.807) is 0 Å². The van der Waals surface area contributed by atoms with Crippen molar-refractivity contribution < 1.29 is 8.76 Å². The highest BCUT2D eigenvalue weighted by Gasteiger charge is 2.25. The van der Waals surface area contributed by atoms with Gasteiger partial charge in [0.15, 0.2) is 11.1 Å². The van der Waals surface area contributed by atoms with Gasteiger partial charge < -0.3 is 14.4 Å². The Morgan fingerprint density at radius 1 is 1.10 bits per heavy atom. The Labute approximate surface area is 182 Å². The lowest BCUT2D eigenvalue weighted by Crippen LogP contribution is -2.44. The van der Waals surface area contributed by atoms with E-state index in [0.29, 0.717) is 6.04 Å². The van der Waals surface area contributed by atoms with Gasteiger partial charge in [-0.25, -0.2) is 4.21 Å². The van der Waals surface area contributed by atoms with Crippen LogP contribution in [0.3, 0.4) is 0 Å². The minimum absolute atomic E-state index is 0.268. The molecule has 2 aliphatic heterocycles. The van der Waals surface area contributed by atoms with Gasteiger partial charge in [-0.05, 0) is 73.0 Å². The van der Waals surface area contributed by atoms with Crippen molar-refractivity contribution in [2.24, 2.45) is 0 Å². The molecule has 2 aromatic carbocycles. The van der Waals surface area contributed by atoms with Crippen LogP contribution in [-0.2, 0) is 24.2 Å². The average Bonchev–Trinajstić information content (AvgIpc) is 2.73. The third kappa shape index (κ3) is 5.19. The van der Waals surface area contributed by atoms with Crippen molar-refractivity contribution in [3.05, 3.63) is 65.4 Å². The van der Waals surface area contributed by atoms with Crippen LogP contribution < -0.4 is 0 Å². The van der Waals surface area contributed by atoms with E-state index in [-0.39, 0.29) is 5.88 Å². The number of rotatable bonds is 6. The number of fused-ring (bicyclic) bond motifs is 1. The highest BCUT2D eigenvalue weighted by atomic mass is 32.2. The molecule has 0 aliphatic carbocycles. The first-order valence-corrected chi connectivity index (χ1v) is 11.9. The first kappa shape index (κ1) is 21.2. The van der Waals surface area contributed by atoms with Gasteiger partial charge >= 0.3 is 0 Å². The second kappa shape index (κ2) is 9.43. The maximum Gasteiger partial charge on any atom is 0.167 e. The van der Waals surface area contributed by atoms with Crippen LogP contribution in [0.25, 0.3) is 17.2 Å². The molecule has 0 amide bonds. The van der Waals surface area contributed by atoms with E-state index in [1.165, 1.54) is 27.8 Å². The fourth-order valence-corrected chi connectivity index (χ4v) is 5.07. The van der Waals surface area contributed by atoms with Gasteiger partial charge in [-0.3, -0.25) is 4.90 Å². The molecule has 4 rings (SSSR count). The molecule has 6 heteroatoms.